The van der Waals surface area contributed by atoms with Crippen molar-refractivity contribution in [2.24, 2.45) is 0 Å². The molecular weight excluding hydrogens is 258 g/mol. The molecule has 0 fully saturated rings. The first-order valence-corrected chi connectivity index (χ1v) is 6.52. The maximum absolute atomic E-state index is 11.9. The summed E-state index contributed by atoms with van der Waals surface area (Å²) in [6, 6.07) is 1.42. The molecule has 3 N–H and O–H groups in total. The lowest BCUT2D eigenvalue weighted by atomic mass is 10.4. The van der Waals surface area contributed by atoms with Gasteiger partial charge in [-0.2, -0.15) is 4.98 Å². The molecule has 2 heterocycles. The predicted molar refractivity (Wildman–Crippen MR) is 61.8 cm³/mol. The largest absolute Gasteiger partial charge is 0.398 e. The Morgan fingerprint density at radius 3 is 2.94 bits per heavy atom. The van der Waals surface area contributed by atoms with Crippen molar-refractivity contribution in [2.45, 2.75) is 11.3 Å². The summed E-state index contributed by atoms with van der Waals surface area (Å²) in [5.41, 5.74) is 5.72. The van der Waals surface area contributed by atoms with Gasteiger partial charge in [0.25, 0.3) is 0 Å². The van der Waals surface area contributed by atoms with Gasteiger partial charge in [0.05, 0.1) is 5.69 Å². The van der Waals surface area contributed by atoms with Gasteiger partial charge in [-0.25, -0.2) is 13.1 Å². The summed E-state index contributed by atoms with van der Waals surface area (Å²) in [5, 5.41) is 3.42. The van der Waals surface area contributed by atoms with Gasteiger partial charge in [0.15, 0.2) is 6.33 Å². The summed E-state index contributed by atoms with van der Waals surface area (Å²) >= 11 is 0. The fourth-order valence-electron chi connectivity index (χ4n) is 1.29. The second-order valence-electron chi connectivity index (χ2n) is 3.40. The zero-order valence-electron chi connectivity index (χ0n) is 9.28. The number of anilines is 1. The number of nitrogens with one attached hydrogen (secondary N) is 1. The molecule has 96 valence electrons. The Hall–Kier alpha value is -2.00. The second kappa shape index (κ2) is 5.10. The number of rotatable bonds is 5. The topological polar surface area (TPSA) is 124 Å². The average Bonchev–Trinajstić information content (AvgIpc) is 2.82. The van der Waals surface area contributed by atoms with Crippen molar-refractivity contribution in [1.82, 2.24) is 19.8 Å². The highest BCUT2D eigenvalue weighted by Gasteiger charge is 2.17. The SMILES string of the molecule is Nc1ccncc1S(=O)(=O)NCCc1ncno1. The first kappa shape index (κ1) is 12.5. The minimum absolute atomic E-state index is 0.0458. The Morgan fingerprint density at radius 2 is 2.28 bits per heavy atom. The average molecular weight is 269 g/mol. The summed E-state index contributed by atoms with van der Waals surface area (Å²) in [7, 11) is -3.67. The van der Waals surface area contributed by atoms with Crippen molar-refractivity contribution in [1.29, 1.82) is 0 Å². The van der Waals surface area contributed by atoms with Crippen LogP contribution < -0.4 is 10.5 Å². The van der Waals surface area contributed by atoms with Gasteiger partial charge in [-0.1, -0.05) is 5.16 Å². The van der Waals surface area contributed by atoms with Crippen LogP contribution >= 0.6 is 0 Å². The monoisotopic (exact) mass is 269 g/mol. The van der Waals surface area contributed by atoms with Gasteiger partial charge >= 0.3 is 0 Å². The lowest BCUT2D eigenvalue weighted by Crippen LogP contribution is -2.26. The van der Waals surface area contributed by atoms with Crippen LogP contribution in [0, 0.1) is 0 Å². The van der Waals surface area contributed by atoms with Gasteiger partial charge in [0, 0.05) is 25.4 Å². The molecule has 2 aromatic rings. The van der Waals surface area contributed by atoms with Crippen molar-refractivity contribution in [3.05, 3.63) is 30.7 Å². The molecule has 0 aliphatic carbocycles. The Labute approximate surface area is 103 Å². The minimum atomic E-state index is -3.67. The van der Waals surface area contributed by atoms with Crippen molar-refractivity contribution in [3.63, 3.8) is 0 Å². The van der Waals surface area contributed by atoms with Gasteiger partial charge in [0.1, 0.15) is 4.90 Å². The van der Waals surface area contributed by atoms with E-state index >= 15 is 0 Å². The molecule has 0 unspecified atom stereocenters. The fourth-order valence-corrected chi connectivity index (χ4v) is 2.40. The highest BCUT2D eigenvalue weighted by atomic mass is 32.2. The van der Waals surface area contributed by atoms with E-state index in [1.165, 1.54) is 24.8 Å². The molecule has 8 nitrogen and oxygen atoms in total. The maximum Gasteiger partial charge on any atom is 0.244 e. The molecule has 0 spiro atoms. The van der Waals surface area contributed by atoms with Gasteiger partial charge in [0.2, 0.25) is 15.9 Å². The molecule has 0 saturated heterocycles. The van der Waals surface area contributed by atoms with Gasteiger partial charge < -0.3 is 10.3 Å². The van der Waals surface area contributed by atoms with Crippen LogP contribution in [0.3, 0.4) is 0 Å². The molecule has 18 heavy (non-hydrogen) atoms. The lowest BCUT2D eigenvalue weighted by Gasteiger charge is -2.07. The number of hydrogen-bond acceptors (Lipinski definition) is 7. The standard InChI is InChI=1S/C9H11N5O3S/c10-7-1-3-11-5-8(7)18(15,16)14-4-2-9-12-6-13-17-9/h1,3,5-6,14H,2,4H2,(H2,10,11). The fraction of sp³-hybridized carbons (Fsp3) is 0.222. The molecule has 2 aromatic heterocycles. The third-order valence-electron chi connectivity index (χ3n) is 2.14. The minimum Gasteiger partial charge on any atom is -0.398 e. The van der Waals surface area contributed by atoms with Crippen molar-refractivity contribution >= 4 is 15.7 Å². The first-order chi connectivity index (χ1) is 8.59. The Balaban J connectivity index is 2.02. The number of sulfonamides is 1. The molecule has 0 amide bonds. The number of hydrogen-bond donors (Lipinski definition) is 2. The van der Waals surface area contributed by atoms with Crippen LogP contribution in [0.5, 0.6) is 0 Å². The molecule has 0 aliphatic rings. The van der Waals surface area contributed by atoms with Gasteiger partial charge in [-0.05, 0) is 6.07 Å². The van der Waals surface area contributed by atoms with E-state index in [9.17, 15) is 8.42 Å². The lowest BCUT2D eigenvalue weighted by molar-refractivity contribution is 0.377. The van der Waals surface area contributed by atoms with Gasteiger partial charge in [-0.3, -0.25) is 4.98 Å². The zero-order chi connectivity index (χ0) is 13.0. The van der Waals surface area contributed by atoms with Gasteiger partial charge in [-0.15, -0.1) is 0 Å². The third kappa shape index (κ3) is 2.81. The molecule has 0 bridgehead atoms. The van der Waals surface area contributed by atoms with E-state index in [0.717, 1.165) is 0 Å². The molecule has 9 heteroatoms. The Kier molecular flexibility index (Phi) is 3.53. The Bertz CT molecular complexity index is 611. The van der Waals surface area contributed by atoms with Crippen molar-refractivity contribution in [3.8, 4) is 0 Å². The van der Waals surface area contributed by atoms with Crippen LogP contribution in [-0.4, -0.2) is 30.1 Å². The van der Waals surface area contributed by atoms with E-state index in [0.29, 0.717) is 12.3 Å². The number of aromatic nitrogens is 3. The maximum atomic E-state index is 11.9. The molecule has 0 radical (unpaired) electrons. The van der Waals surface area contributed by atoms with E-state index in [-0.39, 0.29) is 17.1 Å². The number of nitrogens with two attached hydrogens (primary N) is 1. The number of nitrogen functional groups attached to an aromatic ring is 1. The van der Waals surface area contributed by atoms with E-state index in [2.05, 4.69) is 19.8 Å². The predicted octanol–water partition coefficient (Wildman–Crippen LogP) is -0.432. The highest BCUT2D eigenvalue weighted by Crippen LogP contribution is 2.15. The summed E-state index contributed by atoms with van der Waals surface area (Å²) in [6.07, 6.45) is 4.18. The Morgan fingerprint density at radius 1 is 1.44 bits per heavy atom. The van der Waals surface area contributed by atoms with Crippen molar-refractivity contribution in [2.75, 3.05) is 12.3 Å². The second-order valence-corrected chi connectivity index (χ2v) is 5.13. The van der Waals surface area contributed by atoms with E-state index < -0.39 is 10.0 Å². The first-order valence-electron chi connectivity index (χ1n) is 5.04. The summed E-state index contributed by atoms with van der Waals surface area (Å²) in [5.74, 6) is 0.358. The quantitative estimate of drug-likeness (QED) is 0.754. The zero-order valence-corrected chi connectivity index (χ0v) is 10.1. The van der Waals surface area contributed by atoms with E-state index in [1.54, 1.807) is 0 Å². The smallest absolute Gasteiger partial charge is 0.244 e. The molecule has 2 rings (SSSR count). The molecule has 0 saturated carbocycles. The normalized spacial score (nSPS) is 11.6. The highest BCUT2D eigenvalue weighted by molar-refractivity contribution is 7.89. The molecule has 0 aromatic carbocycles. The van der Waals surface area contributed by atoms with Crippen molar-refractivity contribution < 1.29 is 12.9 Å². The van der Waals surface area contributed by atoms with Crippen LogP contribution in [0.1, 0.15) is 5.89 Å². The number of nitrogens with zero attached hydrogens (tertiary/aromatic N) is 3. The molecule has 0 aliphatic heterocycles. The molecule has 0 atom stereocenters. The molecular formula is C9H11N5O3S. The number of pyridine rings is 1. The van der Waals surface area contributed by atoms with E-state index in [1.807, 2.05) is 0 Å². The van der Waals surface area contributed by atoms with Crippen LogP contribution in [0.25, 0.3) is 0 Å². The van der Waals surface area contributed by atoms with E-state index in [4.69, 9.17) is 10.3 Å². The van der Waals surface area contributed by atoms with Crippen LogP contribution in [0.4, 0.5) is 5.69 Å². The summed E-state index contributed by atoms with van der Waals surface area (Å²) < 4.78 is 30.9. The third-order valence-corrected chi connectivity index (χ3v) is 3.65. The van der Waals surface area contributed by atoms with Crippen LogP contribution in [-0.2, 0) is 16.4 Å². The van der Waals surface area contributed by atoms with Crippen LogP contribution in [0.15, 0.2) is 34.2 Å². The summed E-state index contributed by atoms with van der Waals surface area (Å²) in [6.45, 7) is 0.138. The van der Waals surface area contributed by atoms with Crippen LogP contribution in [0.2, 0.25) is 0 Å². The summed E-state index contributed by atoms with van der Waals surface area (Å²) in [4.78, 5) is 7.46.